The normalized spacial score (nSPS) is 17.9. The van der Waals surface area contributed by atoms with Crippen LogP contribution in [0.3, 0.4) is 0 Å². The fraction of sp³-hybridized carbons (Fsp3) is 0.560. The molecule has 33 heavy (non-hydrogen) atoms. The Bertz CT molecular complexity index is 805. The number of benzene rings is 1. The topological polar surface area (TPSA) is 85.4 Å². The Morgan fingerprint density at radius 2 is 1.82 bits per heavy atom. The number of hydrogen-bond acceptors (Lipinski definition) is 6. The number of methoxy groups -OCH3 is 1. The van der Waals surface area contributed by atoms with Gasteiger partial charge in [0.2, 0.25) is 0 Å². The highest BCUT2D eigenvalue weighted by molar-refractivity contribution is 5.72. The molecule has 0 spiro atoms. The van der Waals surface area contributed by atoms with Crippen LogP contribution in [0.2, 0.25) is 0 Å². The number of esters is 1. The van der Waals surface area contributed by atoms with Gasteiger partial charge in [0, 0.05) is 19.1 Å². The van der Waals surface area contributed by atoms with Crippen molar-refractivity contribution in [2.45, 2.75) is 70.7 Å². The summed E-state index contributed by atoms with van der Waals surface area (Å²) in [6, 6.07) is 9.06. The summed E-state index contributed by atoms with van der Waals surface area (Å²) in [6.07, 6.45) is 2.98. The van der Waals surface area contributed by atoms with Crippen molar-refractivity contribution in [3.8, 4) is 0 Å². The summed E-state index contributed by atoms with van der Waals surface area (Å²) in [7, 11) is 1.31. The summed E-state index contributed by atoms with van der Waals surface area (Å²) < 4.78 is 15.9. The van der Waals surface area contributed by atoms with Crippen molar-refractivity contribution in [1.82, 2.24) is 9.80 Å². The largest absolute Gasteiger partial charge is 0.469 e. The van der Waals surface area contributed by atoms with Gasteiger partial charge in [-0.1, -0.05) is 36.4 Å². The van der Waals surface area contributed by atoms with Gasteiger partial charge in [-0.3, -0.25) is 4.79 Å². The third-order valence-electron chi connectivity index (χ3n) is 5.37. The molecule has 2 rings (SSSR count). The summed E-state index contributed by atoms with van der Waals surface area (Å²) in [5, 5.41) is 0. The van der Waals surface area contributed by atoms with Crippen molar-refractivity contribution in [2.75, 3.05) is 20.2 Å². The molecular formula is C25H36N2O6. The predicted molar refractivity (Wildman–Crippen MR) is 125 cm³/mol. The Morgan fingerprint density at radius 3 is 2.42 bits per heavy atom. The smallest absolute Gasteiger partial charge is 0.410 e. The van der Waals surface area contributed by atoms with E-state index < -0.39 is 23.8 Å². The molecule has 1 saturated heterocycles. The molecule has 1 fully saturated rings. The van der Waals surface area contributed by atoms with E-state index in [-0.39, 0.29) is 38.2 Å². The molecule has 2 amide bonds. The van der Waals surface area contributed by atoms with Gasteiger partial charge in [-0.2, -0.15) is 0 Å². The number of rotatable bonds is 9. The van der Waals surface area contributed by atoms with Gasteiger partial charge in [0.25, 0.3) is 0 Å². The molecule has 8 nitrogen and oxygen atoms in total. The molecule has 182 valence electrons. The fourth-order valence-electron chi connectivity index (χ4n) is 3.83. The molecule has 1 aliphatic heterocycles. The lowest BCUT2D eigenvalue weighted by molar-refractivity contribution is -0.140. The molecule has 0 aliphatic carbocycles. The van der Waals surface area contributed by atoms with Crippen LogP contribution >= 0.6 is 0 Å². The van der Waals surface area contributed by atoms with E-state index in [0.29, 0.717) is 12.8 Å². The molecule has 0 radical (unpaired) electrons. The maximum absolute atomic E-state index is 13.0. The molecule has 1 heterocycles. The van der Waals surface area contributed by atoms with E-state index in [1.165, 1.54) is 12.0 Å². The van der Waals surface area contributed by atoms with Crippen molar-refractivity contribution in [3.63, 3.8) is 0 Å². The Balaban J connectivity index is 2.14. The van der Waals surface area contributed by atoms with Crippen molar-refractivity contribution in [3.05, 3.63) is 48.6 Å². The van der Waals surface area contributed by atoms with Gasteiger partial charge < -0.3 is 24.0 Å². The first kappa shape index (κ1) is 26.2. The van der Waals surface area contributed by atoms with Crippen LogP contribution in [0.1, 0.15) is 52.0 Å². The Morgan fingerprint density at radius 1 is 1.15 bits per heavy atom. The minimum absolute atomic E-state index is 0.0339. The van der Waals surface area contributed by atoms with Crippen molar-refractivity contribution in [1.29, 1.82) is 0 Å². The van der Waals surface area contributed by atoms with Gasteiger partial charge in [-0.05, 0) is 45.6 Å². The van der Waals surface area contributed by atoms with Crippen molar-refractivity contribution >= 4 is 18.2 Å². The first-order valence-corrected chi connectivity index (χ1v) is 11.3. The fourth-order valence-corrected chi connectivity index (χ4v) is 3.83. The highest BCUT2D eigenvalue weighted by Gasteiger charge is 2.40. The minimum Gasteiger partial charge on any atom is -0.469 e. The molecular weight excluding hydrogens is 424 g/mol. The van der Waals surface area contributed by atoms with Gasteiger partial charge in [0.15, 0.2) is 0 Å². The van der Waals surface area contributed by atoms with Gasteiger partial charge >= 0.3 is 18.2 Å². The zero-order chi connectivity index (χ0) is 24.4. The predicted octanol–water partition coefficient (Wildman–Crippen LogP) is 4.53. The van der Waals surface area contributed by atoms with E-state index in [9.17, 15) is 14.4 Å². The van der Waals surface area contributed by atoms with E-state index in [1.54, 1.807) is 11.0 Å². The number of amides is 2. The number of carbonyl (C=O) groups is 3. The van der Waals surface area contributed by atoms with Crippen LogP contribution in [0.4, 0.5) is 9.59 Å². The SMILES string of the molecule is C=CCC1CCC(CN(CCC(=O)OC)C(=O)OCc2ccccc2)N1C(=O)OC(C)(C)C. The lowest BCUT2D eigenvalue weighted by atomic mass is 10.1. The number of likely N-dealkylation sites (tertiary alicyclic amines) is 1. The van der Waals surface area contributed by atoms with Crippen molar-refractivity contribution in [2.24, 2.45) is 0 Å². The number of hydrogen-bond donors (Lipinski definition) is 0. The lowest BCUT2D eigenvalue weighted by Crippen LogP contribution is -2.49. The standard InChI is InChI=1S/C25H36N2O6/c1-6-10-20-13-14-21(27(20)24(30)33-25(2,3)4)17-26(16-15-22(28)31-5)23(29)32-18-19-11-8-7-9-12-19/h6-9,11-12,20-21H,1,10,13-18H2,2-5H3. The monoisotopic (exact) mass is 460 g/mol. The van der Waals surface area contributed by atoms with Gasteiger partial charge in [0.1, 0.15) is 12.2 Å². The zero-order valence-electron chi connectivity index (χ0n) is 20.1. The highest BCUT2D eigenvalue weighted by Crippen LogP contribution is 2.29. The summed E-state index contributed by atoms with van der Waals surface area (Å²) >= 11 is 0. The van der Waals surface area contributed by atoms with Crippen LogP contribution in [0.25, 0.3) is 0 Å². The van der Waals surface area contributed by atoms with Crippen LogP contribution in [-0.4, -0.2) is 65.8 Å². The summed E-state index contributed by atoms with van der Waals surface area (Å²) in [5.74, 6) is -0.421. The molecule has 1 aromatic rings. The maximum atomic E-state index is 13.0. The molecule has 0 aromatic heterocycles. The summed E-state index contributed by atoms with van der Waals surface area (Å²) in [4.78, 5) is 40.8. The molecule has 1 aromatic carbocycles. The quantitative estimate of drug-likeness (QED) is 0.306. The third-order valence-corrected chi connectivity index (χ3v) is 5.37. The van der Waals surface area contributed by atoms with E-state index in [4.69, 9.17) is 14.2 Å². The first-order valence-electron chi connectivity index (χ1n) is 11.3. The number of nitrogens with zero attached hydrogens (tertiary/aromatic N) is 2. The highest BCUT2D eigenvalue weighted by atomic mass is 16.6. The minimum atomic E-state index is -0.637. The zero-order valence-corrected chi connectivity index (χ0v) is 20.1. The average molecular weight is 461 g/mol. The molecule has 0 bridgehead atoms. The van der Waals surface area contributed by atoms with Gasteiger partial charge in [-0.15, -0.1) is 6.58 Å². The Labute approximate surface area is 196 Å². The van der Waals surface area contributed by atoms with Crippen molar-refractivity contribution < 1.29 is 28.6 Å². The second-order valence-corrected chi connectivity index (χ2v) is 9.11. The second-order valence-electron chi connectivity index (χ2n) is 9.11. The van der Waals surface area contributed by atoms with E-state index in [2.05, 4.69) is 6.58 Å². The molecule has 1 aliphatic rings. The Hall–Kier alpha value is -3.03. The van der Waals surface area contributed by atoms with Crippen LogP contribution in [-0.2, 0) is 25.6 Å². The number of ether oxygens (including phenoxy) is 3. The molecule has 2 atom stereocenters. The van der Waals surface area contributed by atoms with Crippen LogP contribution < -0.4 is 0 Å². The van der Waals surface area contributed by atoms with Gasteiger partial charge in [-0.25, -0.2) is 9.59 Å². The first-order chi connectivity index (χ1) is 15.6. The van der Waals surface area contributed by atoms with E-state index >= 15 is 0 Å². The molecule has 2 unspecified atom stereocenters. The lowest BCUT2D eigenvalue weighted by Gasteiger charge is -2.34. The average Bonchev–Trinajstić information content (AvgIpc) is 3.16. The maximum Gasteiger partial charge on any atom is 0.410 e. The van der Waals surface area contributed by atoms with E-state index in [1.807, 2.05) is 51.1 Å². The molecule has 8 heteroatoms. The molecule has 0 N–H and O–H groups in total. The molecule has 0 saturated carbocycles. The van der Waals surface area contributed by atoms with Crippen LogP contribution in [0.5, 0.6) is 0 Å². The van der Waals surface area contributed by atoms with Crippen LogP contribution in [0, 0.1) is 0 Å². The third kappa shape index (κ3) is 8.44. The number of carbonyl (C=O) groups excluding carboxylic acids is 3. The second kappa shape index (κ2) is 12.3. The summed E-state index contributed by atoms with van der Waals surface area (Å²) in [6.45, 7) is 9.75. The van der Waals surface area contributed by atoms with E-state index in [0.717, 1.165) is 12.0 Å². The van der Waals surface area contributed by atoms with Gasteiger partial charge in [0.05, 0.1) is 19.6 Å². The Kier molecular flexibility index (Phi) is 9.75. The summed E-state index contributed by atoms with van der Waals surface area (Å²) in [5.41, 5.74) is 0.225. The van der Waals surface area contributed by atoms with Crippen LogP contribution in [0.15, 0.2) is 43.0 Å².